The van der Waals surface area contributed by atoms with E-state index in [1.807, 2.05) is 0 Å². The number of phenolic OH excluding ortho intramolecular Hbond substituents is 1. The molecule has 0 unspecified atom stereocenters. The number of rotatable bonds is 5. The quantitative estimate of drug-likeness (QED) is 0.471. The Hall–Kier alpha value is -4.05. The number of pyridine rings is 2. The standard InChI is InChI=1S/C24H19FN4O4S/c1-28(34(32,33)19-6-2-3-11-26-19)22-17-5-4-12-27-21(17)23(30)20-18(22)14-29(24(20)31)13-15-7-9-16(25)10-8-15/h2-12,30H,13-14H2,1H3. The molecule has 0 saturated carbocycles. The Kier molecular flexibility index (Phi) is 5.17. The van der Waals surface area contributed by atoms with E-state index in [-0.39, 0.29) is 40.6 Å². The highest BCUT2D eigenvalue weighted by Gasteiger charge is 2.38. The lowest BCUT2D eigenvalue weighted by atomic mass is 10.0. The Morgan fingerprint density at radius 3 is 2.50 bits per heavy atom. The molecule has 0 saturated heterocycles. The molecule has 172 valence electrons. The molecule has 0 aliphatic carbocycles. The second-order valence-corrected chi connectivity index (χ2v) is 9.79. The third-order valence-corrected chi connectivity index (χ3v) is 7.50. The van der Waals surface area contributed by atoms with Gasteiger partial charge in [0.2, 0.25) is 0 Å². The fourth-order valence-corrected chi connectivity index (χ4v) is 5.36. The van der Waals surface area contributed by atoms with Gasteiger partial charge in [-0.3, -0.25) is 14.1 Å². The van der Waals surface area contributed by atoms with Gasteiger partial charge >= 0.3 is 0 Å². The van der Waals surface area contributed by atoms with Gasteiger partial charge in [-0.15, -0.1) is 0 Å². The Balaban J connectivity index is 1.67. The zero-order chi connectivity index (χ0) is 24.0. The van der Waals surface area contributed by atoms with Crippen molar-refractivity contribution in [3.05, 3.63) is 89.5 Å². The van der Waals surface area contributed by atoms with E-state index in [0.29, 0.717) is 16.5 Å². The molecule has 1 amide bonds. The van der Waals surface area contributed by atoms with Gasteiger partial charge in [0.15, 0.2) is 10.8 Å². The summed E-state index contributed by atoms with van der Waals surface area (Å²) in [5.74, 6) is -1.16. The molecule has 1 N–H and O–H groups in total. The lowest BCUT2D eigenvalue weighted by Crippen LogP contribution is -2.28. The Bertz CT molecular complexity index is 1530. The molecule has 8 nitrogen and oxygen atoms in total. The van der Waals surface area contributed by atoms with Crippen LogP contribution in [0.4, 0.5) is 10.1 Å². The number of nitrogens with zero attached hydrogens (tertiary/aromatic N) is 4. The monoisotopic (exact) mass is 478 g/mol. The summed E-state index contributed by atoms with van der Waals surface area (Å²) >= 11 is 0. The molecule has 0 radical (unpaired) electrons. The van der Waals surface area contributed by atoms with Gasteiger partial charge in [-0.25, -0.2) is 9.37 Å². The van der Waals surface area contributed by atoms with Crippen molar-refractivity contribution in [2.75, 3.05) is 11.4 Å². The van der Waals surface area contributed by atoms with Crippen molar-refractivity contribution in [1.82, 2.24) is 14.9 Å². The number of halogens is 1. The molecule has 10 heteroatoms. The smallest absolute Gasteiger partial charge is 0.281 e. The molecule has 1 aliphatic rings. The lowest BCUT2D eigenvalue weighted by Gasteiger charge is -2.23. The number of sulfonamides is 1. The van der Waals surface area contributed by atoms with Crippen LogP contribution < -0.4 is 4.31 Å². The van der Waals surface area contributed by atoms with E-state index < -0.39 is 21.7 Å². The van der Waals surface area contributed by atoms with Gasteiger partial charge in [-0.05, 0) is 42.0 Å². The normalized spacial score (nSPS) is 13.4. The summed E-state index contributed by atoms with van der Waals surface area (Å²) in [5, 5.41) is 11.2. The number of benzene rings is 2. The van der Waals surface area contributed by atoms with Crippen molar-refractivity contribution >= 4 is 32.5 Å². The minimum Gasteiger partial charge on any atom is -0.505 e. The highest BCUT2D eigenvalue weighted by Crippen LogP contribution is 2.45. The van der Waals surface area contributed by atoms with Gasteiger partial charge < -0.3 is 10.0 Å². The number of fused-ring (bicyclic) bond motifs is 2. The molecule has 0 spiro atoms. The van der Waals surface area contributed by atoms with Gasteiger partial charge in [0.05, 0.1) is 11.3 Å². The first-order chi connectivity index (χ1) is 16.3. The maximum Gasteiger partial charge on any atom is 0.281 e. The Morgan fingerprint density at radius 2 is 1.79 bits per heavy atom. The van der Waals surface area contributed by atoms with Crippen molar-refractivity contribution in [2.45, 2.75) is 18.1 Å². The number of carbonyl (C=O) groups is 1. The van der Waals surface area contributed by atoms with Gasteiger partial charge in [0, 0.05) is 43.5 Å². The molecule has 4 aromatic rings. The summed E-state index contributed by atoms with van der Waals surface area (Å²) < 4.78 is 41.2. The predicted octanol–water partition coefficient (Wildman–Crippen LogP) is 3.46. The SMILES string of the molecule is CN(c1c2c(c(O)c3ncccc13)C(=O)N(Cc1ccc(F)cc1)C2)S(=O)(=O)c1ccccn1. The van der Waals surface area contributed by atoms with Gasteiger partial charge in [-0.2, -0.15) is 8.42 Å². The van der Waals surface area contributed by atoms with Crippen molar-refractivity contribution in [1.29, 1.82) is 0 Å². The topological polar surface area (TPSA) is 104 Å². The molecule has 5 rings (SSSR count). The summed E-state index contributed by atoms with van der Waals surface area (Å²) in [6, 6.07) is 13.6. The summed E-state index contributed by atoms with van der Waals surface area (Å²) in [5.41, 5.74) is 1.44. The fraction of sp³-hybridized carbons (Fsp3) is 0.125. The largest absolute Gasteiger partial charge is 0.505 e. The predicted molar refractivity (Wildman–Crippen MR) is 123 cm³/mol. The van der Waals surface area contributed by atoms with E-state index >= 15 is 0 Å². The van der Waals surface area contributed by atoms with Gasteiger partial charge in [-0.1, -0.05) is 18.2 Å². The summed E-state index contributed by atoms with van der Waals surface area (Å²) in [7, 11) is -2.69. The number of carbonyl (C=O) groups excluding carboxylic acids is 1. The Morgan fingerprint density at radius 1 is 1.06 bits per heavy atom. The van der Waals surface area contributed by atoms with Crippen LogP contribution in [-0.2, 0) is 23.1 Å². The lowest BCUT2D eigenvalue weighted by molar-refractivity contribution is 0.0764. The van der Waals surface area contributed by atoms with Crippen molar-refractivity contribution in [2.24, 2.45) is 0 Å². The first-order valence-electron chi connectivity index (χ1n) is 10.3. The number of aromatic nitrogens is 2. The molecule has 0 fully saturated rings. The minimum atomic E-state index is -4.08. The summed E-state index contributed by atoms with van der Waals surface area (Å²) in [4.78, 5) is 23.0. The van der Waals surface area contributed by atoms with Crippen molar-refractivity contribution in [3.8, 4) is 5.75 Å². The minimum absolute atomic E-state index is 0.00591. The molecule has 34 heavy (non-hydrogen) atoms. The number of amides is 1. The number of anilines is 1. The number of phenols is 1. The van der Waals surface area contributed by atoms with Crippen LogP contribution in [-0.4, -0.2) is 41.3 Å². The zero-order valence-electron chi connectivity index (χ0n) is 18.0. The molecule has 1 aliphatic heterocycles. The van der Waals surface area contributed by atoms with Crippen LogP contribution in [0.2, 0.25) is 0 Å². The molecule has 2 aromatic heterocycles. The maximum atomic E-state index is 13.4. The first kappa shape index (κ1) is 21.8. The maximum absolute atomic E-state index is 13.4. The number of aromatic hydroxyl groups is 1. The van der Waals surface area contributed by atoms with Crippen LogP contribution >= 0.6 is 0 Å². The molecule has 0 atom stereocenters. The van der Waals surface area contributed by atoms with Crippen LogP contribution in [0.15, 0.2) is 72.0 Å². The molecular weight excluding hydrogens is 459 g/mol. The second kappa shape index (κ2) is 8.07. The van der Waals surface area contributed by atoms with E-state index in [9.17, 15) is 22.7 Å². The van der Waals surface area contributed by atoms with E-state index in [1.165, 1.54) is 42.5 Å². The highest BCUT2D eigenvalue weighted by atomic mass is 32.2. The third kappa shape index (κ3) is 3.43. The van der Waals surface area contributed by atoms with Gasteiger partial charge in [0.1, 0.15) is 11.3 Å². The second-order valence-electron chi connectivity index (χ2n) is 7.88. The molecular formula is C24H19FN4O4S. The number of hydrogen-bond acceptors (Lipinski definition) is 6. The van der Waals surface area contributed by atoms with E-state index in [0.717, 1.165) is 4.31 Å². The molecule has 3 heterocycles. The van der Waals surface area contributed by atoms with Crippen molar-refractivity contribution < 1.29 is 22.7 Å². The van der Waals surface area contributed by atoms with Gasteiger partial charge in [0.25, 0.3) is 15.9 Å². The van der Waals surface area contributed by atoms with E-state index in [4.69, 9.17) is 0 Å². The van der Waals surface area contributed by atoms with E-state index in [2.05, 4.69) is 9.97 Å². The molecule has 0 bridgehead atoms. The van der Waals surface area contributed by atoms with Crippen molar-refractivity contribution in [3.63, 3.8) is 0 Å². The Labute approximate surface area is 195 Å². The van der Waals surface area contributed by atoms with Crippen LogP contribution in [0.5, 0.6) is 5.75 Å². The van der Waals surface area contributed by atoms with E-state index in [1.54, 1.807) is 36.4 Å². The third-order valence-electron chi connectivity index (χ3n) is 5.83. The van der Waals surface area contributed by atoms with Crippen LogP contribution in [0, 0.1) is 5.82 Å². The van der Waals surface area contributed by atoms with Crippen LogP contribution in [0.3, 0.4) is 0 Å². The zero-order valence-corrected chi connectivity index (χ0v) is 18.8. The average Bonchev–Trinajstić information content (AvgIpc) is 3.17. The summed E-state index contributed by atoms with van der Waals surface area (Å²) in [6.07, 6.45) is 2.84. The first-order valence-corrected chi connectivity index (χ1v) is 11.8. The highest BCUT2D eigenvalue weighted by molar-refractivity contribution is 7.92. The fourth-order valence-electron chi connectivity index (χ4n) is 4.19. The summed E-state index contributed by atoms with van der Waals surface area (Å²) in [6.45, 7) is 0.217. The average molecular weight is 479 g/mol. The van der Waals surface area contributed by atoms with Crippen LogP contribution in [0.1, 0.15) is 21.5 Å². The number of hydrogen-bond donors (Lipinski definition) is 1. The molecule has 2 aromatic carbocycles. The van der Waals surface area contributed by atoms with Crippen LogP contribution in [0.25, 0.3) is 10.9 Å².